The summed E-state index contributed by atoms with van der Waals surface area (Å²) in [5.41, 5.74) is 3.90. The lowest BCUT2D eigenvalue weighted by atomic mass is 9.85. The van der Waals surface area contributed by atoms with Crippen molar-refractivity contribution in [3.8, 4) is 11.1 Å². The molecule has 0 spiro atoms. The topological polar surface area (TPSA) is 76.1 Å². The van der Waals surface area contributed by atoms with E-state index in [1.54, 1.807) is 0 Å². The zero-order chi connectivity index (χ0) is 30.3. The number of nitrogens with zero attached hydrogens (tertiary/aromatic N) is 3. The highest BCUT2D eigenvalue weighted by Gasteiger charge is 2.43. The van der Waals surface area contributed by atoms with Gasteiger partial charge in [0.1, 0.15) is 5.92 Å². The molecule has 1 aliphatic heterocycles. The van der Waals surface area contributed by atoms with Crippen molar-refractivity contribution < 1.29 is 14.7 Å². The van der Waals surface area contributed by atoms with Gasteiger partial charge >= 0.3 is 0 Å². The number of likely N-dealkylation sites (tertiary alicyclic amines) is 1. The number of hydrogen-bond donors (Lipinski definition) is 2. The molecule has 1 fully saturated rings. The van der Waals surface area contributed by atoms with E-state index in [0.29, 0.717) is 19.5 Å². The van der Waals surface area contributed by atoms with Crippen LogP contribution in [0.3, 0.4) is 0 Å². The van der Waals surface area contributed by atoms with Gasteiger partial charge in [-0.3, -0.25) is 9.59 Å². The summed E-state index contributed by atoms with van der Waals surface area (Å²) in [6.45, 7) is 5.54. The molecule has 0 radical (unpaired) electrons. The summed E-state index contributed by atoms with van der Waals surface area (Å²) in [5, 5.41) is 15.0. The quantitative estimate of drug-likeness (QED) is 0.216. The molecule has 4 rings (SSSR count). The van der Waals surface area contributed by atoms with Crippen molar-refractivity contribution in [2.45, 2.75) is 51.2 Å². The van der Waals surface area contributed by atoms with Gasteiger partial charge in [0.05, 0.1) is 11.6 Å². The Kier molecular flexibility index (Phi) is 10.3. The van der Waals surface area contributed by atoms with Crippen LogP contribution in [0.25, 0.3) is 11.1 Å². The van der Waals surface area contributed by atoms with E-state index in [4.69, 9.17) is 0 Å². The molecule has 1 heterocycles. The molecule has 0 bridgehead atoms. The number of carbonyl (C=O) groups is 2. The molecule has 0 saturated carbocycles. The van der Waals surface area contributed by atoms with Crippen LogP contribution in [-0.4, -0.2) is 68.7 Å². The number of rotatable bonds is 13. The smallest absolute Gasteiger partial charge is 0.235 e. The Hall–Kier alpha value is -3.84. The zero-order valence-electron chi connectivity index (χ0n) is 25.7. The van der Waals surface area contributed by atoms with Crippen LogP contribution in [-0.2, 0) is 15.1 Å². The number of hydrogen-bond acceptors (Lipinski definition) is 5. The van der Waals surface area contributed by atoms with E-state index in [1.165, 1.54) is 0 Å². The van der Waals surface area contributed by atoms with E-state index in [-0.39, 0.29) is 18.4 Å². The fourth-order valence-electron chi connectivity index (χ4n) is 5.77. The van der Waals surface area contributed by atoms with E-state index in [1.807, 2.05) is 92.5 Å². The number of benzene rings is 3. The van der Waals surface area contributed by atoms with Crippen LogP contribution < -0.4 is 15.1 Å². The largest absolute Gasteiger partial charge is 0.388 e. The predicted molar refractivity (Wildman–Crippen MR) is 172 cm³/mol. The molecule has 0 aliphatic carbocycles. The second-order valence-electron chi connectivity index (χ2n) is 11.8. The Bertz CT molecular complexity index is 1340. The molecule has 7 heteroatoms. The van der Waals surface area contributed by atoms with Gasteiger partial charge < -0.3 is 25.1 Å². The molecule has 2 amide bonds. The fraction of sp³-hybridized carbons (Fsp3) is 0.429. The minimum atomic E-state index is -1.11. The maximum Gasteiger partial charge on any atom is 0.235 e. The average Bonchev–Trinajstić information content (AvgIpc) is 3.37. The molecular weight excluding hydrogens is 524 g/mol. The Morgan fingerprint density at radius 2 is 1.74 bits per heavy atom. The Balaban J connectivity index is 1.56. The van der Waals surface area contributed by atoms with Gasteiger partial charge in [0.25, 0.3) is 0 Å². The summed E-state index contributed by atoms with van der Waals surface area (Å²) in [5.74, 6) is -1.17. The molecule has 3 aromatic carbocycles. The molecular formula is C35H46N4O3. The number of aliphatic hydroxyl groups excluding tert-OH is 1. The maximum absolute atomic E-state index is 13.6. The molecule has 42 heavy (non-hydrogen) atoms. The van der Waals surface area contributed by atoms with Crippen LogP contribution >= 0.6 is 0 Å². The van der Waals surface area contributed by atoms with Crippen LogP contribution in [0.4, 0.5) is 11.4 Å². The summed E-state index contributed by atoms with van der Waals surface area (Å²) in [4.78, 5) is 32.7. The summed E-state index contributed by atoms with van der Waals surface area (Å²) in [6.07, 6.45) is 2.63. The third-order valence-corrected chi connectivity index (χ3v) is 8.50. The lowest BCUT2D eigenvalue weighted by Crippen LogP contribution is -2.57. The summed E-state index contributed by atoms with van der Waals surface area (Å²) >= 11 is 0. The van der Waals surface area contributed by atoms with E-state index in [9.17, 15) is 14.7 Å². The van der Waals surface area contributed by atoms with Gasteiger partial charge in [-0.1, -0.05) is 80.4 Å². The molecule has 2 N–H and O–H groups in total. The van der Waals surface area contributed by atoms with E-state index in [2.05, 4.69) is 41.4 Å². The minimum Gasteiger partial charge on any atom is -0.388 e. The molecule has 0 aromatic heterocycles. The monoisotopic (exact) mass is 570 g/mol. The molecule has 1 saturated heterocycles. The number of aliphatic hydroxyl groups is 1. The number of unbranched alkanes of at least 4 members (excludes halogenated alkanes) is 2. The third kappa shape index (κ3) is 6.96. The highest BCUT2D eigenvalue weighted by molar-refractivity contribution is 6.02. The molecule has 3 aromatic rings. The average molecular weight is 571 g/mol. The first-order valence-electron chi connectivity index (χ1n) is 15.1. The highest BCUT2D eigenvalue weighted by atomic mass is 16.3. The highest BCUT2D eigenvalue weighted by Crippen LogP contribution is 2.34. The fourth-order valence-corrected chi connectivity index (χ4v) is 5.77. The summed E-state index contributed by atoms with van der Waals surface area (Å²) < 4.78 is 0. The van der Waals surface area contributed by atoms with Gasteiger partial charge in [-0.15, -0.1) is 0 Å². The lowest BCUT2D eigenvalue weighted by molar-refractivity contribution is -0.139. The second kappa shape index (κ2) is 13.9. The Morgan fingerprint density at radius 3 is 2.45 bits per heavy atom. The minimum absolute atomic E-state index is 0.112. The number of para-hydroxylation sites is 1. The van der Waals surface area contributed by atoms with Crippen molar-refractivity contribution in [3.05, 3.63) is 84.4 Å². The van der Waals surface area contributed by atoms with Crippen LogP contribution in [0.15, 0.2) is 78.9 Å². The van der Waals surface area contributed by atoms with Crippen molar-refractivity contribution >= 4 is 23.2 Å². The first kappa shape index (κ1) is 31.1. The number of nitrogens with one attached hydrogen (secondary N) is 1. The number of amides is 2. The molecule has 1 aliphatic rings. The van der Waals surface area contributed by atoms with Crippen LogP contribution in [0.1, 0.15) is 45.1 Å². The summed E-state index contributed by atoms with van der Waals surface area (Å²) in [7, 11) is 6.00. The number of carbonyl (C=O) groups excluding carboxylic acids is 2. The SMILES string of the molecule is CCCCCN1CC[C@@H](C(=O)N[C@@](C)(c2ccccc2)[C@H](O)CN(C)c2ccccc2-c2cccc(N(C)C)c2)C1=O. The normalized spacial score (nSPS) is 17.0. The lowest BCUT2D eigenvalue weighted by Gasteiger charge is -2.39. The number of anilines is 2. The summed E-state index contributed by atoms with van der Waals surface area (Å²) in [6, 6.07) is 26.1. The Labute approximate surface area is 251 Å². The van der Waals surface area contributed by atoms with E-state index >= 15 is 0 Å². The molecule has 7 nitrogen and oxygen atoms in total. The predicted octanol–water partition coefficient (Wildman–Crippen LogP) is 5.29. The van der Waals surface area contributed by atoms with Crippen LogP contribution in [0.5, 0.6) is 0 Å². The van der Waals surface area contributed by atoms with E-state index in [0.717, 1.165) is 47.3 Å². The van der Waals surface area contributed by atoms with Crippen LogP contribution in [0, 0.1) is 5.92 Å². The van der Waals surface area contributed by atoms with Gasteiger partial charge in [0.15, 0.2) is 0 Å². The van der Waals surface area contributed by atoms with Gasteiger partial charge in [0.2, 0.25) is 11.8 Å². The van der Waals surface area contributed by atoms with Crippen molar-refractivity contribution in [1.82, 2.24) is 10.2 Å². The molecule has 224 valence electrons. The first-order chi connectivity index (χ1) is 20.2. The van der Waals surface area contributed by atoms with Crippen LogP contribution in [0.2, 0.25) is 0 Å². The van der Waals surface area contributed by atoms with Crippen molar-refractivity contribution in [3.63, 3.8) is 0 Å². The standard InChI is InChI=1S/C35H46N4O3/c1-6-7-13-22-39-23-21-30(34(39)42)33(41)36-35(2,27-16-9-8-10-17-27)32(40)25-38(5)31-20-12-11-19-29(31)26-15-14-18-28(24-26)37(3)4/h8-12,14-20,24,30,32,40H,6-7,13,21-23,25H2,1-5H3,(H,36,41)/t30-,32+,35-/m0/s1. The molecule has 0 unspecified atom stereocenters. The third-order valence-electron chi connectivity index (χ3n) is 8.50. The van der Waals surface area contributed by atoms with Crippen molar-refractivity contribution in [2.75, 3.05) is 50.6 Å². The first-order valence-corrected chi connectivity index (χ1v) is 15.1. The Morgan fingerprint density at radius 1 is 1.02 bits per heavy atom. The maximum atomic E-state index is 13.6. The zero-order valence-corrected chi connectivity index (χ0v) is 25.7. The van der Waals surface area contributed by atoms with Gasteiger partial charge in [-0.2, -0.15) is 0 Å². The second-order valence-corrected chi connectivity index (χ2v) is 11.8. The van der Waals surface area contributed by atoms with Gasteiger partial charge in [-0.25, -0.2) is 0 Å². The van der Waals surface area contributed by atoms with Crippen molar-refractivity contribution in [2.24, 2.45) is 5.92 Å². The van der Waals surface area contributed by atoms with Gasteiger partial charge in [0, 0.05) is 57.7 Å². The van der Waals surface area contributed by atoms with E-state index < -0.39 is 17.6 Å². The van der Waals surface area contributed by atoms with Gasteiger partial charge in [-0.05, 0) is 49.1 Å². The number of likely N-dealkylation sites (N-methyl/N-ethyl adjacent to an activating group) is 1. The van der Waals surface area contributed by atoms with Crippen molar-refractivity contribution in [1.29, 1.82) is 0 Å². The molecule has 3 atom stereocenters.